The average Bonchev–Trinajstić information content (AvgIpc) is 2.78. The summed E-state index contributed by atoms with van der Waals surface area (Å²) in [5.41, 5.74) is 3.52. The summed E-state index contributed by atoms with van der Waals surface area (Å²) in [7, 11) is 0. The first-order valence-corrected chi connectivity index (χ1v) is 9.16. The van der Waals surface area contributed by atoms with E-state index in [0.29, 0.717) is 5.56 Å². The van der Waals surface area contributed by atoms with Gasteiger partial charge in [-0.25, -0.2) is 0 Å². The maximum absolute atomic E-state index is 12.7. The summed E-state index contributed by atoms with van der Waals surface area (Å²) < 4.78 is 0. The number of amides is 1. The third-order valence-corrected chi connectivity index (χ3v) is 4.85. The van der Waals surface area contributed by atoms with Gasteiger partial charge < -0.3 is 10.4 Å². The van der Waals surface area contributed by atoms with E-state index in [-0.39, 0.29) is 12.5 Å². The molecule has 0 saturated carbocycles. The smallest absolute Gasteiger partial charge is 0.251 e. The molecule has 4 rings (SSSR count). The summed E-state index contributed by atoms with van der Waals surface area (Å²) in [6, 6.07) is 24.7. The number of aliphatic hydroxyl groups is 1. The minimum Gasteiger partial charge on any atom is -0.394 e. The molecule has 0 saturated heterocycles. The largest absolute Gasteiger partial charge is 0.394 e. The van der Waals surface area contributed by atoms with Crippen molar-refractivity contribution in [2.75, 3.05) is 6.61 Å². The first-order valence-electron chi connectivity index (χ1n) is 9.16. The SMILES string of the molecule is O=C(NC(CO)c1cccc2ccccc12)c1ccc(-c2ccncc2)cc1. The number of aliphatic hydroxyl groups excluding tert-OH is 1. The molecule has 0 aliphatic heterocycles. The Kier molecular flexibility index (Phi) is 5.13. The van der Waals surface area contributed by atoms with Crippen LogP contribution < -0.4 is 5.32 Å². The molecule has 0 radical (unpaired) electrons. The lowest BCUT2D eigenvalue weighted by Crippen LogP contribution is -2.30. The number of pyridine rings is 1. The van der Waals surface area contributed by atoms with Crippen LogP contribution in [0.15, 0.2) is 91.3 Å². The van der Waals surface area contributed by atoms with Crippen molar-refractivity contribution >= 4 is 16.7 Å². The highest BCUT2D eigenvalue weighted by Gasteiger charge is 2.17. The summed E-state index contributed by atoms with van der Waals surface area (Å²) in [5.74, 6) is -0.215. The van der Waals surface area contributed by atoms with Gasteiger partial charge in [0.15, 0.2) is 0 Å². The Bertz CT molecular complexity index is 1090. The van der Waals surface area contributed by atoms with E-state index in [2.05, 4.69) is 10.3 Å². The third kappa shape index (κ3) is 3.63. The van der Waals surface area contributed by atoms with Crippen LogP contribution in [0, 0.1) is 0 Å². The van der Waals surface area contributed by atoms with Crippen molar-refractivity contribution in [3.63, 3.8) is 0 Å². The van der Waals surface area contributed by atoms with Gasteiger partial charge in [0.25, 0.3) is 5.91 Å². The standard InChI is InChI=1S/C24H20N2O2/c27-16-23(22-7-3-5-19-4-1-2-6-21(19)22)26-24(28)20-10-8-17(9-11-20)18-12-14-25-15-13-18/h1-15,23,27H,16H2,(H,26,28). The number of hydrogen-bond acceptors (Lipinski definition) is 3. The van der Waals surface area contributed by atoms with Crippen LogP contribution in [0.5, 0.6) is 0 Å². The van der Waals surface area contributed by atoms with Crippen LogP contribution in [0.3, 0.4) is 0 Å². The summed E-state index contributed by atoms with van der Waals surface area (Å²) in [6.45, 7) is -0.172. The Morgan fingerprint density at radius 2 is 1.54 bits per heavy atom. The predicted octanol–water partition coefficient (Wildman–Crippen LogP) is 4.37. The zero-order valence-electron chi connectivity index (χ0n) is 15.2. The molecule has 1 heterocycles. The highest BCUT2D eigenvalue weighted by atomic mass is 16.3. The van der Waals surface area contributed by atoms with Crippen molar-refractivity contribution in [3.8, 4) is 11.1 Å². The highest BCUT2D eigenvalue weighted by molar-refractivity contribution is 5.95. The Morgan fingerprint density at radius 3 is 2.29 bits per heavy atom. The molecule has 0 aliphatic rings. The summed E-state index contributed by atoms with van der Waals surface area (Å²) >= 11 is 0. The van der Waals surface area contributed by atoms with E-state index < -0.39 is 6.04 Å². The van der Waals surface area contributed by atoms with Crippen molar-refractivity contribution in [3.05, 3.63) is 102 Å². The number of fused-ring (bicyclic) bond motifs is 1. The van der Waals surface area contributed by atoms with Crippen LogP contribution >= 0.6 is 0 Å². The second-order valence-corrected chi connectivity index (χ2v) is 6.59. The Hall–Kier alpha value is -3.50. The van der Waals surface area contributed by atoms with Gasteiger partial charge in [0, 0.05) is 18.0 Å². The number of carbonyl (C=O) groups is 1. The van der Waals surface area contributed by atoms with Gasteiger partial charge in [-0.3, -0.25) is 9.78 Å². The van der Waals surface area contributed by atoms with Crippen LogP contribution in [-0.2, 0) is 0 Å². The summed E-state index contributed by atoms with van der Waals surface area (Å²) in [5, 5.41) is 15.0. The molecule has 2 N–H and O–H groups in total. The maximum Gasteiger partial charge on any atom is 0.251 e. The van der Waals surface area contributed by atoms with Gasteiger partial charge in [0.05, 0.1) is 12.6 Å². The number of hydrogen-bond donors (Lipinski definition) is 2. The number of carbonyl (C=O) groups excluding carboxylic acids is 1. The number of benzene rings is 3. The molecule has 1 aromatic heterocycles. The lowest BCUT2D eigenvalue weighted by Gasteiger charge is -2.19. The van der Waals surface area contributed by atoms with Crippen molar-refractivity contribution < 1.29 is 9.90 Å². The molecule has 1 atom stereocenters. The fourth-order valence-electron chi connectivity index (χ4n) is 3.38. The van der Waals surface area contributed by atoms with E-state index in [1.165, 1.54) is 0 Å². The molecule has 1 amide bonds. The second-order valence-electron chi connectivity index (χ2n) is 6.59. The quantitative estimate of drug-likeness (QED) is 0.550. The molecule has 1 unspecified atom stereocenters. The molecular formula is C24H20N2O2. The van der Waals surface area contributed by atoms with Crippen LogP contribution in [0.4, 0.5) is 0 Å². The number of nitrogens with one attached hydrogen (secondary N) is 1. The molecule has 0 bridgehead atoms. The van der Waals surface area contributed by atoms with Gasteiger partial charge in [-0.15, -0.1) is 0 Å². The van der Waals surface area contributed by atoms with E-state index in [9.17, 15) is 9.90 Å². The average molecular weight is 368 g/mol. The Labute approximate surface area is 163 Å². The lowest BCUT2D eigenvalue weighted by molar-refractivity contribution is 0.0916. The molecule has 138 valence electrons. The predicted molar refractivity (Wildman–Crippen MR) is 111 cm³/mol. The van der Waals surface area contributed by atoms with Crippen LogP contribution in [0.25, 0.3) is 21.9 Å². The first-order chi connectivity index (χ1) is 13.8. The monoisotopic (exact) mass is 368 g/mol. The zero-order chi connectivity index (χ0) is 19.3. The minimum atomic E-state index is -0.474. The Balaban J connectivity index is 1.56. The van der Waals surface area contributed by atoms with Crippen molar-refractivity contribution in [2.24, 2.45) is 0 Å². The molecule has 4 aromatic rings. The zero-order valence-corrected chi connectivity index (χ0v) is 15.2. The van der Waals surface area contributed by atoms with Crippen molar-refractivity contribution in [2.45, 2.75) is 6.04 Å². The summed E-state index contributed by atoms with van der Waals surface area (Å²) in [6.07, 6.45) is 3.48. The molecule has 4 heteroatoms. The van der Waals surface area contributed by atoms with E-state index in [0.717, 1.165) is 27.5 Å². The molecular weight excluding hydrogens is 348 g/mol. The Morgan fingerprint density at radius 1 is 0.857 bits per heavy atom. The van der Waals surface area contributed by atoms with Crippen LogP contribution in [-0.4, -0.2) is 22.6 Å². The van der Waals surface area contributed by atoms with Gasteiger partial charge in [-0.2, -0.15) is 0 Å². The van der Waals surface area contributed by atoms with Crippen molar-refractivity contribution in [1.82, 2.24) is 10.3 Å². The van der Waals surface area contributed by atoms with Crippen LogP contribution in [0.1, 0.15) is 22.0 Å². The normalized spacial score (nSPS) is 11.9. The number of nitrogens with zero attached hydrogens (tertiary/aromatic N) is 1. The number of aromatic nitrogens is 1. The molecule has 0 fully saturated rings. The topological polar surface area (TPSA) is 62.2 Å². The van der Waals surface area contributed by atoms with E-state index in [4.69, 9.17) is 0 Å². The fourth-order valence-corrected chi connectivity index (χ4v) is 3.38. The first kappa shape index (κ1) is 17.9. The molecule has 4 nitrogen and oxygen atoms in total. The fraction of sp³-hybridized carbons (Fsp3) is 0.0833. The molecule has 28 heavy (non-hydrogen) atoms. The molecule has 3 aromatic carbocycles. The maximum atomic E-state index is 12.7. The van der Waals surface area contributed by atoms with E-state index in [1.54, 1.807) is 24.5 Å². The van der Waals surface area contributed by atoms with E-state index in [1.807, 2.05) is 66.7 Å². The van der Waals surface area contributed by atoms with Crippen LogP contribution in [0.2, 0.25) is 0 Å². The number of rotatable bonds is 5. The summed E-state index contributed by atoms with van der Waals surface area (Å²) in [4.78, 5) is 16.8. The van der Waals surface area contributed by atoms with Gasteiger partial charge in [0.1, 0.15) is 0 Å². The highest BCUT2D eigenvalue weighted by Crippen LogP contribution is 2.25. The second kappa shape index (κ2) is 8.03. The van der Waals surface area contributed by atoms with E-state index >= 15 is 0 Å². The third-order valence-electron chi connectivity index (χ3n) is 4.85. The minimum absolute atomic E-state index is 0.172. The van der Waals surface area contributed by atoms with Gasteiger partial charge >= 0.3 is 0 Å². The molecule has 0 spiro atoms. The van der Waals surface area contributed by atoms with Gasteiger partial charge in [0.2, 0.25) is 0 Å². The van der Waals surface area contributed by atoms with Gasteiger partial charge in [-0.05, 0) is 51.7 Å². The van der Waals surface area contributed by atoms with Crippen molar-refractivity contribution in [1.29, 1.82) is 0 Å². The van der Waals surface area contributed by atoms with Gasteiger partial charge in [-0.1, -0.05) is 54.6 Å². The molecule has 0 aliphatic carbocycles. The lowest BCUT2D eigenvalue weighted by atomic mass is 9.98.